The summed E-state index contributed by atoms with van der Waals surface area (Å²) in [6.07, 6.45) is 20.3. The highest BCUT2D eigenvalue weighted by molar-refractivity contribution is 5.62. The molecule has 1 aliphatic heterocycles. The van der Waals surface area contributed by atoms with E-state index in [2.05, 4.69) is 29.0 Å². The monoisotopic (exact) mass is 293 g/mol. The Hall–Kier alpha value is -0.670. The lowest BCUT2D eigenvalue weighted by Gasteiger charge is -2.25. The lowest BCUT2D eigenvalue weighted by Crippen LogP contribution is -2.43. The van der Waals surface area contributed by atoms with Crippen LogP contribution < -0.4 is 5.73 Å². The van der Waals surface area contributed by atoms with Gasteiger partial charge in [-0.1, -0.05) is 64.0 Å². The first-order chi connectivity index (χ1) is 10.3. The summed E-state index contributed by atoms with van der Waals surface area (Å²) < 4.78 is 0. The van der Waals surface area contributed by atoms with Crippen molar-refractivity contribution in [3.8, 4) is 0 Å². The minimum absolute atomic E-state index is 0.0959. The zero-order valence-electron chi connectivity index (χ0n) is 14.1. The lowest BCUT2D eigenvalue weighted by atomic mass is 10.1. The number of rotatable bonds is 12. The predicted octanol–water partition coefficient (Wildman–Crippen LogP) is 4.48. The molecule has 1 heterocycles. The van der Waals surface area contributed by atoms with Crippen LogP contribution >= 0.6 is 0 Å². The van der Waals surface area contributed by atoms with Crippen LogP contribution in [-0.2, 0) is 0 Å². The molecule has 0 aromatic carbocycles. The van der Waals surface area contributed by atoms with Crippen LogP contribution in [0.1, 0.15) is 78.1 Å². The second-order valence-electron chi connectivity index (χ2n) is 6.22. The standard InChI is InChI=1S/C18H35N3/c1-3-4-5-6-7-8-9-10-11-12-13-14-18-20-15-16-21(18)17(2)19/h12-13,15,17-18H,3-11,14,16,19H2,1-2H3/b13-12+. The Morgan fingerprint density at radius 1 is 1.14 bits per heavy atom. The summed E-state index contributed by atoms with van der Waals surface area (Å²) in [6, 6.07) is 0. The quantitative estimate of drug-likeness (QED) is 0.426. The first kappa shape index (κ1) is 18.4. The number of aliphatic imine (C=N–C) groups is 1. The normalized spacial score (nSPS) is 20.6. The van der Waals surface area contributed by atoms with Gasteiger partial charge in [-0.15, -0.1) is 0 Å². The summed E-state index contributed by atoms with van der Waals surface area (Å²) in [6.45, 7) is 5.21. The fraction of sp³-hybridized carbons (Fsp3) is 0.833. The van der Waals surface area contributed by atoms with Gasteiger partial charge < -0.3 is 5.73 Å². The Kier molecular flexibility index (Phi) is 10.4. The summed E-state index contributed by atoms with van der Waals surface area (Å²) in [5, 5.41) is 0. The van der Waals surface area contributed by atoms with Gasteiger partial charge in [0, 0.05) is 19.2 Å². The molecule has 2 atom stereocenters. The third kappa shape index (κ3) is 8.37. The van der Waals surface area contributed by atoms with Crippen molar-refractivity contribution in [2.75, 3.05) is 6.54 Å². The van der Waals surface area contributed by atoms with Gasteiger partial charge in [-0.3, -0.25) is 9.89 Å². The van der Waals surface area contributed by atoms with E-state index >= 15 is 0 Å². The highest BCUT2D eigenvalue weighted by atomic mass is 15.3. The third-order valence-corrected chi connectivity index (χ3v) is 4.21. The molecular formula is C18H35N3. The van der Waals surface area contributed by atoms with Crippen molar-refractivity contribution in [2.45, 2.75) is 90.4 Å². The maximum absolute atomic E-state index is 5.94. The molecule has 3 nitrogen and oxygen atoms in total. The minimum Gasteiger partial charge on any atom is -0.316 e. The number of allylic oxidation sites excluding steroid dienone is 1. The van der Waals surface area contributed by atoms with Gasteiger partial charge in [0.05, 0.1) is 6.17 Å². The smallest absolute Gasteiger partial charge is 0.107 e. The highest BCUT2D eigenvalue weighted by Crippen LogP contribution is 2.14. The second kappa shape index (κ2) is 11.9. The molecule has 0 aliphatic carbocycles. The number of nitrogens with zero attached hydrogens (tertiary/aromatic N) is 2. The van der Waals surface area contributed by atoms with E-state index in [1.807, 2.05) is 13.1 Å². The molecule has 1 rings (SSSR count). The molecule has 2 unspecified atom stereocenters. The van der Waals surface area contributed by atoms with Gasteiger partial charge in [0.15, 0.2) is 0 Å². The number of unbranched alkanes of at least 4 members (excludes halogenated alkanes) is 8. The van der Waals surface area contributed by atoms with Crippen LogP contribution in [0, 0.1) is 0 Å². The van der Waals surface area contributed by atoms with Crippen molar-refractivity contribution >= 4 is 6.21 Å². The van der Waals surface area contributed by atoms with Crippen molar-refractivity contribution < 1.29 is 0 Å². The van der Waals surface area contributed by atoms with Gasteiger partial charge in [-0.2, -0.15) is 0 Å². The molecule has 0 saturated heterocycles. The van der Waals surface area contributed by atoms with Crippen molar-refractivity contribution in [1.29, 1.82) is 0 Å². The summed E-state index contributed by atoms with van der Waals surface area (Å²) in [5.41, 5.74) is 5.94. The van der Waals surface area contributed by atoms with Gasteiger partial charge >= 0.3 is 0 Å². The Bertz CT molecular complexity index is 297. The minimum atomic E-state index is 0.0959. The molecule has 122 valence electrons. The van der Waals surface area contributed by atoms with E-state index in [1.165, 1.54) is 57.8 Å². The molecule has 0 amide bonds. The summed E-state index contributed by atoms with van der Waals surface area (Å²) in [5.74, 6) is 0. The molecule has 0 saturated carbocycles. The largest absolute Gasteiger partial charge is 0.316 e. The number of hydrogen-bond donors (Lipinski definition) is 1. The second-order valence-corrected chi connectivity index (χ2v) is 6.22. The fourth-order valence-corrected chi connectivity index (χ4v) is 2.84. The molecule has 0 aromatic rings. The van der Waals surface area contributed by atoms with E-state index in [-0.39, 0.29) is 12.3 Å². The van der Waals surface area contributed by atoms with Gasteiger partial charge in [-0.05, 0) is 19.8 Å². The zero-order chi connectivity index (χ0) is 15.3. The average molecular weight is 293 g/mol. The molecule has 2 N–H and O–H groups in total. The van der Waals surface area contributed by atoms with Crippen LogP contribution in [-0.4, -0.2) is 30.0 Å². The van der Waals surface area contributed by atoms with Crippen molar-refractivity contribution in [1.82, 2.24) is 4.90 Å². The lowest BCUT2D eigenvalue weighted by molar-refractivity contribution is 0.194. The molecule has 3 heteroatoms. The van der Waals surface area contributed by atoms with Crippen LogP contribution in [0.25, 0.3) is 0 Å². The predicted molar refractivity (Wildman–Crippen MR) is 93.6 cm³/mol. The Labute approximate surface area is 131 Å². The number of nitrogens with two attached hydrogens (primary N) is 1. The van der Waals surface area contributed by atoms with Crippen LogP contribution in [0.2, 0.25) is 0 Å². The van der Waals surface area contributed by atoms with E-state index in [0.717, 1.165) is 13.0 Å². The van der Waals surface area contributed by atoms with Crippen molar-refractivity contribution in [3.63, 3.8) is 0 Å². The summed E-state index contributed by atoms with van der Waals surface area (Å²) in [4.78, 5) is 6.73. The van der Waals surface area contributed by atoms with Gasteiger partial charge in [0.1, 0.15) is 6.17 Å². The Balaban J connectivity index is 1.94. The van der Waals surface area contributed by atoms with Gasteiger partial charge in [0.25, 0.3) is 0 Å². The summed E-state index contributed by atoms with van der Waals surface area (Å²) >= 11 is 0. The maximum Gasteiger partial charge on any atom is 0.107 e. The van der Waals surface area contributed by atoms with Crippen molar-refractivity contribution in [2.24, 2.45) is 10.7 Å². The van der Waals surface area contributed by atoms with Crippen LogP contribution in [0.3, 0.4) is 0 Å². The number of hydrogen-bond acceptors (Lipinski definition) is 3. The SMILES string of the molecule is CCCCCCCCCC/C=C/CC1N=CCN1C(C)N. The van der Waals surface area contributed by atoms with E-state index in [1.54, 1.807) is 0 Å². The molecule has 0 bridgehead atoms. The first-order valence-corrected chi connectivity index (χ1v) is 8.93. The maximum atomic E-state index is 5.94. The van der Waals surface area contributed by atoms with Crippen molar-refractivity contribution in [3.05, 3.63) is 12.2 Å². The van der Waals surface area contributed by atoms with Crippen LogP contribution in [0.5, 0.6) is 0 Å². The highest BCUT2D eigenvalue weighted by Gasteiger charge is 2.22. The molecular weight excluding hydrogens is 258 g/mol. The molecule has 0 aromatic heterocycles. The summed E-state index contributed by atoms with van der Waals surface area (Å²) in [7, 11) is 0. The van der Waals surface area contributed by atoms with Crippen LogP contribution in [0.4, 0.5) is 0 Å². The Morgan fingerprint density at radius 3 is 2.48 bits per heavy atom. The molecule has 1 aliphatic rings. The topological polar surface area (TPSA) is 41.6 Å². The van der Waals surface area contributed by atoms with E-state index in [4.69, 9.17) is 5.73 Å². The average Bonchev–Trinajstić information content (AvgIpc) is 2.93. The van der Waals surface area contributed by atoms with E-state index in [9.17, 15) is 0 Å². The van der Waals surface area contributed by atoms with E-state index in [0.29, 0.717) is 0 Å². The van der Waals surface area contributed by atoms with Gasteiger partial charge in [-0.25, -0.2) is 0 Å². The molecule has 0 radical (unpaired) electrons. The zero-order valence-corrected chi connectivity index (χ0v) is 14.1. The van der Waals surface area contributed by atoms with E-state index < -0.39 is 0 Å². The first-order valence-electron chi connectivity index (χ1n) is 8.93. The molecule has 0 spiro atoms. The molecule has 21 heavy (non-hydrogen) atoms. The molecule has 0 fully saturated rings. The van der Waals surface area contributed by atoms with Crippen LogP contribution in [0.15, 0.2) is 17.1 Å². The Morgan fingerprint density at radius 2 is 1.81 bits per heavy atom. The van der Waals surface area contributed by atoms with Gasteiger partial charge in [0.2, 0.25) is 0 Å². The fourth-order valence-electron chi connectivity index (χ4n) is 2.84. The third-order valence-electron chi connectivity index (χ3n) is 4.21.